The zero-order valence-corrected chi connectivity index (χ0v) is 9.92. The van der Waals surface area contributed by atoms with Gasteiger partial charge in [-0.2, -0.15) is 5.26 Å². The van der Waals surface area contributed by atoms with Crippen LogP contribution in [0.4, 0.5) is 5.69 Å². The summed E-state index contributed by atoms with van der Waals surface area (Å²) in [4.78, 5) is 14.1. The number of nitriles is 1. The molecule has 0 spiro atoms. The Morgan fingerprint density at radius 1 is 1.56 bits per heavy atom. The molecule has 0 aliphatic rings. The molecule has 2 rings (SSSR count). The molecule has 2 aromatic rings. The van der Waals surface area contributed by atoms with Crippen molar-refractivity contribution in [2.24, 2.45) is 0 Å². The van der Waals surface area contributed by atoms with Gasteiger partial charge in [0.25, 0.3) is 11.5 Å². The van der Waals surface area contributed by atoms with E-state index in [0.717, 1.165) is 0 Å². The maximum atomic E-state index is 11.0. The third-order valence-electron chi connectivity index (χ3n) is 2.36. The lowest BCUT2D eigenvalue weighted by molar-refractivity contribution is -0.384. The van der Waals surface area contributed by atoms with Crippen molar-refractivity contribution < 1.29 is 4.92 Å². The molecule has 0 N–H and O–H groups in total. The van der Waals surface area contributed by atoms with Crippen molar-refractivity contribution in [2.75, 3.05) is 0 Å². The number of halogens is 1. The zero-order chi connectivity index (χ0) is 13.3. The summed E-state index contributed by atoms with van der Waals surface area (Å²) >= 11 is 5.93. The Morgan fingerprint density at radius 3 is 2.83 bits per heavy atom. The topological polar surface area (TPSA) is 97.6 Å². The van der Waals surface area contributed by atoms with Gasteiger partial charge in [0.2, 0.25) is 0 Å². The molecule has 0 radical (unpaired) electrons. The lowest BCUT2D eigenvalue weighted by atomic mass is 10.1. The van der Waals surface area contributed by atoms with Gasteiger partial charge in [-0.1, -0.05) is 11.6 Å². The number of rotatable bonds is 2. The number of hydrogen-bond acceptors (Lipinski definition) is 5. The Hall–Kier alpha value is -2.46. The molecule has 1 aromatic heterocycles. The normalized spacial score (nSPS) is 10.1. The fraction of sp³-hybridized carbons (Fsp3) is 0.100. The fourth-order valence-electron chi connectivity index (χ4n) is 1.52. The molecule has 1 heterocycles. The minimum absolute atomic E-state index is 0.0660. The summed E-state index contributed by atoms with van der Waals surface area (Å²) < 4.78 is 1.18. The Kier molecular flexibility index (Phi) is 2.95. The van der Waals surface area contributed by atoms with Crippen LogP contribution in [0, 0.1) is 28.4 Å². The average Bonchev–Trinajstić information content (AvgIpc) is 2.80. The smallest absolute Gasteiger partial charge is 0.258 e. The van der Waals surface area contributed by atoms with Gasteiger partial charge in [-0.25, -0.2) is 9.67 Å². The number of nitrogens with zero attached hydrogens (tertiary/aromatic N) is 5. The SMILES string of the molecule is Cc1c(Cl)ccc([N+](=O)[O-])c1-n1cnc(C#N)n1. The van der Waals surface area contributed by atoms with Crippen molar-refractivity contribution in [3.63, 3.8) is 0 Å². The van der Waals surface area contributed by atoms with Gasteiger partial charge in [0.15, 0.2) is 0 Å². The van der Waals surface area contributed by atoms with Crippen molar-refractivity contribution in [1.29, 1.82) is 5.26 Å². The predicted molar refractivity (Wildman–Crippen MR) is 62.5 cm³/mol. The van der Waals surface area contributed by atoms with Crippen molar-refractivity contribution in [3.8, 4) is 11.8 Å². The predicted octanol–water partition coefficient (Wildman–Crippen LogP) is 2.01. The van der Waals surface area contributed by atoms with Crippen molar-refractivity contribution in [2.45, 2.75) is 6.92 Å². The third kappa shape index (κ3) is 1.89. The highest BCUT2D eigenvalue weighted by Crippen LogP contribution is 2.30. The van der Waals surface area contributed by atoms with E-state index in [-0.39, 0.29) is 17.2 Å². The highest BCUT2D eigenvalue weighted by atomic mass is 35.5. The molecule has 8 heteroatoms. The Balaban J connectivity index is 2.72. The van der Waals surface area contributed by atoms with Gasteiger partial charge in [0.05, 0.1) is 4.92 Å². The van der Waals surface area contributed by atoms with Gasteiger partial charge in [0, 0.05) is 16.7 Å². The number of benzene rings is 1. The van der Waals surface area contributed by atoms with Gasteiger partial charge in [-0.05, 0) is 13.0 Å². The second-order valence-electron chi connectivity index (χ2n) is 3.42. The molecule has 90 valence electrons. The molecule has 0 bridgehead atoms. The highest BCUT2D eigenvalue weighted by molar-refractivity contribution is 6.31. The van der Waals surface area contributed by atoms with Crippen LogP contribution in [0.2, 0.25) is 5.02 Å². The molecule has 0 saturated carbocycles. The first-order valence-electron chi connectivity index (χ1n) is 4.80. The van der Waals surface area contributed by atoms with Crippen LogP contribution in [-0.4, -0.2) is 19.7 Å². The van der Waals surface area contributed by atoms with Crippen molar-refractivity contribution in [3.05, 3.63) is 45.0 Å². The lowest BCUT2D eigenvalue weighted by Crippen LogP contribution is -2.04. The quantitative estimate of drug-likeness (QED) is 0.610. The molecular formula is C10H6ClN5O2. The summed E-state index contributed by atoms with van der Waals surface area (Å²) in [5, 5.41) is 23.8. The first-order valence-corrected chi connectivity index (χ1v) is 5.18. The summed E-state index contributed by atoms with van der Waals surface area (Å²) in [6, 6.07) is 4.49. The largest absolute Gasteiger partial charge is 0.295 e. The van der Waals surface area contributed by atoms with Gasteiger partial charge in [-0.15, -0.1) is 5.10 Å². The van der Waals surface area contributed by atoms with Crippen LogP contribution in [-0.2, 0) is 0 Å². The highest BCUT2D eigenvalue weighted by Gasteiger charge is 2.20. The van der Waals surface area contributed by atoms with Gasteiger partial charge in [0.1, 0.15) is 18.1 Å². The number of nitro benzene ring substituents is 1. The molecule has 0 aliphatic heterocycles. The molecule has 0 amide bonds. The summed E-state index contributed by atoms with van der Waals surface area (Å²) in [7, 11) is 0. The van der Waals surface area contributed by atoms with Crippen molar-refractivity contribution in [1.82, 2.24) is 14.8 Å². The van der Waals surface area contributed by atoms with E-state index in [1.807, 2.05) is 0 Å². The second-order valence-corrected chi connectivity index (χ2v) is 3.83. The summed E-state index contributed by atoms with van der Waals surface area (Å²) in [5.74, 6) is -0.0660. The Morgan fingerprint density at radius 2 is 2.28 bits per heavy atom. The minimum Gasteiger partial charge on any atom is -0.258 e. The fourth-order valence-corrected chi connectivity index (χ4v) is 1.67. The molecule has 0 atom stereocenters. The van der Waals surface area contributed by atoms with E-state index in [9.17, 15) is 10.1 Å². The van der Waals surface area contributed by atoms with Gasteiger partial charge in [-0.3, -0.25) is 10.1 Å². The molecule has 18 heavy (non-hydrogen) atoms. The Bertz CT molecular complexity index is 673. The zero-order valence-electron chi connectivity index (χ0n) is 9.16. The first kappa shape index (κ1) is 12.0. The van der Waals surface area contributed by atoms with Gasteiger partial charge >= 0.3 is 0 Å². The van der Waals surface area contributed by atoms with E-state index in [2.05, 4.69) is 10.1 Å². The summed E-state index contributed by atoms with van der Waals surface area (Å²) in [5.41, 5.74) is 0.563. The van der Waals surface area contributed by atoms with E-state index in [1.165, 1.54) is 23.1 Å². The molecule has 7 nitrogen and oxygen atoms in total. The molecule has 0 aliphatic carbocycles. The van der Waals surface area contributed by atoms with Gasteiger partial charge < -0.3 is 0 Å². The maximum Gasteiger partial charge on any atom is 0.295 e. The number of aromatic nitrogens is 3. The first-order chi connectivity index (χ1) is 8.54. The Labute approximate surface area is 106 Å². The minimum atomic E-state index is -0.535. The third-order valence-corrected chi connectivity index (χ3v) is 2.77. The molecule has 1 aromatic carbocycles. The second kappa shape index (κ2) is 4.43. The van der Waals surface area contributed by atoms with Crippen LogP contribution >= 0.6 is 11.6 Å². The van der Waals surface area contributed by atoms with Crippen LogP contribution in [0.1, 0.15) is 11.4 Å². The summed E-state index contributed by atoms with van der Waals surface area (Å²) in [6.07, 6.45) is 1.24. The van der Waals surface area contributed by atoms with E-state index in [0.29, 0.717) is 10.6 Å². The van der Waals surface area contributed by atoms with Crippen LogP contribution in [0.3, 0.4) is 0 Å². The van der Waals surface area contributed by atoms with E-state index in [4.69, 9.17) is 16.9 Å². The van der Waals surface area contributed by atoms with E-state index in [1.54, 1.807) is 13.0 Å². The monoisotopic (exact) mass is 263 g/mol. The maximum absolute atomic E-state index is 11.0. The van der Waals surface area contributed by atoms with Crippen LogP contribution in [0.25, 0.3) is 5.69 Å². The van der Waals surface area contributed by atoms with E-state index < -0.39 is 4.92 Å². The van der Waals surface area contributed by atoms with Crippen molar-refractivity contribution >= 4 is 17.3 Å². The molecule has 0 saturated heterocycles. The standard InChI is InChI=1S/C10H6ClN5O2/c1-6-7(11)2-3-8(16(17)18)10(6)15-5-13-9(4-12)14-15/h2-3,5H,1H3. The summed E-state index contributed by atoms with van der Waals surface area (Å²) in [6.45, 7) is 1.64. The molecule has 0 unspecified atom stereocenters. The van der Waals surface area contributed by atoms with Crippen LogP contribution in [0.5, 0.6) is 0 Å². The molecular weight excluding hydrogens is 258 g/mol. The lowest BCUT2D eigenvalue weighted by Gasteiger charge is -2.07. The molecule has 0 fully saturated rings. The average molecular weight is 264 g/mol. The number of nitro groups is 1. The van der Waals surface area contributed by atoms with Crippen LogP contribution in [0.15, 0.2) is 18.5 Å². The van der Waals surface area contributed by atoms with Crippen LogP contribution < -0.4 is 0 Å². The van der Waals surface area contributed by atoms with E-state index >= 15 is 0 Å². The number of hydrogen-bond donors (Lipinski definition) is 0.